The summed E-state index contributed by atoms with van der Waals surface area (Å²) in [6, 6.07) is 7.33. The SMILES string of the molecule is C=C(N(C[C@H]1CC[C@H](C)CC1)c1c(N)nc(-c2n[nH]c(=O)o2)nc1-c1cccc(Cl)c1)C(C)(O)C1CCCCC1. The molecule has 2 heterocycles. The molecule has 9 nitrogen and oxygen atoms in total. The van der Waals surface area contributed by atoms with Crippen LogP contribution in [0.25, 0.3) is 23.0 Å². The number of rotatable bonds is 8. The minimum absolute atomic E-state index is 0.0626. The van der Waals surface area contributed by atoms with Crippen LogP contribution in [0, 0.1) is 17.8 Å². The highest BCUT2D eigenvalue weighted by Gasteiger charge is 2.40. The van der Waals surface area contributed by atoms with Crippen molar-refractivity contribution in [3.05, 3.63) is 52.1 Å². The Morgan fingerprint density at radius 2 is 1.93 bits per heavy atom. The van der Waals surface area contributed by atoms with E-state index in [1.807, 2.05) is 24.0 Å². The van der Waals surface area contributed by atoms with Gasteiger partial charge in [-0.1, -0.05) is 69.3 Å². The van der Waals surface area contributed by atoms with E-state index in [9.17, 15) is 9.90 Å². The maximum Gasteiger partial charge on any atom is 0.434 e. The van der Waals surface area contributed by atoms with Crippen molar-refractivity contribution in [3.63, 3.8) is 0 Å². The van der Waals surface area contributed by atoms with E-state index in [1.54, 1.807) is 12.1 Å². The summed E-state index contributed by atoms with van der Waals surface area (Å²) in [5.41, 5.74) is 7.94. The smallest absolute Gasteiger partial charge is 0.384 e. The fourth-order valence-corrected chi connectivity index (χ4v) is 6.47. The average molecular weight is 567 g/mol. The number of hydrogen-bond donors (Lipinski definition) is 3. The highest BCUT2D eigenvalue weighted by molar-refractivity contribution is 6.30. The van der Waals surface area contributed by atoms with Crippen LogP contribution >= 0.6 is 11.6 Å². The van der Waals surface area contributed by atoms with Crippen LogP contribution in [0.3, 0.4) is 0 Å². The summed E-state index contributed by atoms with van der Waals surface area (Å²) in [5.74, 6) is 0.670. The first-order valence-corrected chi connectivity index (χ1v) is 14.7. The number of aliphatic hydroxyl groups is 1. The molecular formula is C30H39ClN6O3. The highest BCUT2D eigenvalue weighted by atomic mass is 35.5. The van der Waals surface area contributed by atoms with Crippen molar-refractivity contribution in [2.24, 2.45) is 17.8 Å². The summed E-state index contributed by atoms with van der Waals surface area (Å²) in [6.45, 7) is 9.31. The summed E-state index contributed by atoms with van der Waals surface area (Å²) in [5, 5.41) is 18.7. The van der Waals surface area contributed by atoms with Gasteiger partial charge in [0.1, 0.15) is 17.0 Å². The third-order valence-electron chi connectivity index (χ3n) is 8.79. The van der Waals surface area contributed by atoms with Crippen LogP contribution in [-0.2, 0) is 0 Å². The Balaban J connectivity index is 1.65. The maximum absolute atomic E-state index is 12.0. The third kappa shape index (κ3) is 5.95. The van der Waals surface area contributed by atoms with E-state index in [0.717, 1.165) is 51.4 Å². The average Bonchev–Trinajstić information content (AvgIpc) is 3.39. The van der Waals surface area contributed by atoms with Gasteiger partial charge in [0, 0.05) is 22.8 Å². The summed E-state index contributed by atoms with van der Waals surface area (Å²) in [4.78, 5) is 23.1. The molecule has 0 saturated heterocycles. The Bertz CT molecular complexity index is 1400. The number of anilines is 2. The minimum Gasteiger partial charge on any atom is -0.384 e. The Morgan fingerprint density at radius 1 is 1.20 bits per heavy atom. The molecular weight excluding hydrogens is 528 g/mol. The summed E-state index contributed by atoms with van der Waals surface area (Å²) in [7, 11) is 0. The molecule has 2 aliphatic rings. The number of halogens is 1. The Kier molecular flexibility index (Phi) is 8.33. The lowest BCUT2D eigenvalue weighted by atomic mass is 9.75. The number of aromatic amines is 1. The van der Waals surface area contributed by atoms with E-state index in [0.29, 0.717) is 46.0 Å². The van der Waals surface area contributed by atoms with Crippen molar-refractivity contribution in [2.75, 3.05) is 17.2 Å². The van der Waals surface area contributed by atoms with Crippen LogP contribution in [0.4, 0.5) is 11.5 Å². The standard InChI is InChI=1S/C30H39ClN6O3/c1-18-12-14-20(15-13-18)17-37(19(2)30(3,39)22-9-5-4-6-10-22)25-24(21-8-7-11-23(31)16-21)33-27(34-26(25)32)28-35-36-29(38)40-28/h7-8,11,16,18,20,22,39H,2,4-6,9-10,12-15,17H2,1,3H3,(H,36,38)(H2,32,33,34)/t18-,20-,30?. The largest absolute Gasteiger partial charge is 0.434 e. The quantitative estimate of drug-likeness (QED) is 0.293. The van der Waals surface area contributed by atoms with Gasteiger partial charge in [-0.05, 0) is 62.5 Å². The molecule has 1 aromatic carbocycles. The number of nitrogens with one attached hydrogen (secondary N) is 1. The topological polar surface area (TPSA) is 134 Å². The molecule has 0 spiro atoms. The monoisotopic (exact) mass is 566 g/mol. The van der Waals surface area contributed by atoms with Crippen LogP contribution in [0.2, 0.25) is 5.02 Å². The Hall–Kier alpha value is -3.17. The molecule has 2 saturated carbocycles. The third-order valence-corrected chi connectivity index (χ3v) is 9.03. The lowest BCUT2D eigenvalue weighted by molar-refractivity contribution is 0.0147. The number of aromatic nitrogens is 4. The molecule has 40 heavy (non-hydrogen) atoms. The number of H-pyrrole nitrogens is 1. The Morgan fingerprint density at radius 3 is 2.58 bits per heavy atom. The molecule has 10 heteroatoms. The van der Waals surface area contributed by atoms with Crippen molar-refractivity contribution in [1.29, 1.82) is 0 Å². The first-order chi connectivity index (χ1) is 19.1. The van der Waals surface area contributed by atoms with Gasteiger partial charge in [0.25, 0.3) is 5.89 Å². The summed E-state index contributed by atoms with van der Waals surface area (Å²) >= 11 is 6.41. The zero-order chi connectivity index (χ0) is 28.4. The molecule has 1 atom stereocenters. The van der Waals surface area contributed by atoms with Crippen molar-refractivity contribution >= 4 is 23.1 Å². The van der Waals surface area contributed by atoms with Gasteiger partial charge in [0.2, 0.25) is 5.82 Å². The van der Waals surface area contributed by atoms with E-state index in [4.69, 9.17) is 26.7 Å². The van der Waals surface area contributed by atoms with Crippen LogP contribution in [0.15, 0.2) is 45.8 Å². The molecule has 214 valence electrons. The van der Waals surface area contributed by atoms with Gasteiger partial charge in [0.05, 0.1) is 0 Å². The van der Waals surface area contributed by atoms with E-state index < -0.39 is 11.4 Å². The van der Waals surface area contributed by atoms with E-state index in [-0.39, 0.29) is 23.5 Å². The van der Waals surface area contributed by atoms with E-state index in [2.05, 4.69) is 28.7 Å². The second kappa shape index (κ2) is 11.7. The van der Waals surface area contributed by atoms with Crippen LogP contribution in [0.1, 0.15) is 71.6 Å². The zero-order valence-electron chi connectivity index (χ0n) is 23.3. The van der Waals surface area contributed by atoms with Gasteiger partial charge >= 0.3 is 5.76 Å². The predicted octanol–water partition coefficient (Wildman–Crippen LogP) is 6.20. The van der Waals surface area contributed by atoms with Crippen molar-refractivity contribution in [3.8, 4) is 23.0 Å². The van der Waals surface area contributed by atoms with Crippen molar-refractivity contribution in [2.45, 2.75) is 77.2 Å². The van der Waals surface area contributed by atoms with Crippen LogP contribution < -0.4 is 16.4 Å². The summed E-state index contributed by atoms with van der Waals surface area (Å²) in [6.07, 6.45) is 9.77. The van der Waals surface area contributed by atoms with Crippen LogP contribution in [0.5, 0.6) is 0 Å². The van der Waals surface area contributed by atoms with Gasteiger partial charge in [-0.25, -0.2) is 19.9 Å². The predicted molar refractivity (Wildman–Crippen MR) is 158 cm³/mol. The fourth-order valence-electron chi connectivity index (χ4n) is 6.28. The molecule has 1 unspecified atom stereocenters. The molecule has 0 radical (unpaired) electrons. The second-order valence-electron chi connectivity index (χ2n) is 11.7. The van der Waals surface area contributed by atoms with Crippen molar-refractivity contribution < 1.29 is 9.52 Å². The number of nitrogens with zero attached hydrogens (tertiary/aromatic N) is 4. The molecule has 0 amide bonds. The normalized spacial score (nSPS) is 21.6. The van der Waals surface area contributed by atoms with Gasteiger partial charge in [-0.3, -0.25) is 0 Å². The minimum atomic E-state index is -1.14. The summed E-state index contributed by atoms with van der Waals surface area (Å²) < 4.78 is 5.15. The number of hydrogen-bond acceptors (Lipinski definition) is 8. The molecule has 3 aromatic rings. The molecule has 5 rings (SSSR count). The highest BCUT2D eigenvalue weighted by Crippen LogP contribution is 2.44. The number of nitrogen functional groups attached to an aromatic ring is 1. The first-order valence-electron chi connectivity index (χ1n) is 14.3. The molecule has 2 aromatic heterocycles. The molecule has 0 aliphatic heterocycles. The lowest BCUT2D eigenvalue weighted by Crippen LogP contribution is -2.46. The van der Waals surface area contributed by atoms with Crippen LogP contribution in [-0.4, -0.2) is 37.4 Å². The molecule has 2 aliphatic carbocycles. The maximum atomic E-state index is 12.0. The Labute approximate surface area is 239 Å². The molecule has 4 N–H and O–H groups in total. The first kappa shape index (κ1) is 28.4. The fraction of sp³-hybridized carbons (Fsp3) is 0.533. The molecule has 0 bridgehead atoms. The van der Waals surface area contributed by atoms with Gasteiger partial charge in [-0.15, -0.1) is 5.10 Å². The van der Waals surface area contributed by atoms with E-state index >= 15 is 0 Å². The number of nitrogens with two attached hydrogens (primary N) is 1. The zero-order valence-corrected chi connectivity index (χ0v) is 24.1. The van der Waals surface area contributed by atoms with Gasteiger partial charge < -0.3 is 20.2 Å². The lowest BCUT2D eigenvalue weighted by Gasteiger charge is -2.44. The second-order valence-corrected chi connectivity index (χ2v) is 12.2. The van der Waals surface area contributed by atoms with Gasteiger partial charge in [-0.2, -0.15) is 0 Å². The van der Waals surface area contributed by atoms with Crippen molar-refractivity contribution in [1.82, 2.24) is 20.2 Å². The van der Waals surface area contributed by atoms with E-state index in [1.165, 1.54) is 6.42 Å². The van der Waals surface area contributed by atoms with Gasteiger partial charge in [0.15, 0.2) is 5.82 Å². The molecule has 2 fully saturated rings. The number of benzene rings is 1.